The Labute approximate surface area is 110 Å². The number of phenols is 1. The minimum atomic E-state index is 0.206. The fourth-order valence-corrected chi connectivity index (χ4v) is 1.94. The Morgan fingerprint density at radius 3 is 2.79 bits per heavy atom. The summed E-state index contributed by atoms with van der Waals surface area (Å²) < 4.78 is 10.5. The number of aromatic nitrogens is 1. The van der Waals surface area contributed by atoms with Gasteiger partial charge in [0.1, 0.15) is 5.75 Å². The van der Waals surface area contributed by atoms with Gasteiger partial charge in [-0.15, -0.1) is 0 Å². The van der Waals surface area contributed by atoms with Gasteiger partial charge in [-0.2, -0.15) is 0 Å². The fraction of sp³-hybridized carbons (Fsp3) is 0.214. The lowest BCUT2D eigenvalue weighted by Gasteiger charge is -2.07. The largest absolute Gasteiger partial charge is 0.507 e. The molecule has 0 fully saturated rings. The summed E-state index contributed by atoms with van der Waals surface area (Å²) in [6, 6.07) is 9.16. The van der Waals surface area contributed by atoms with E-state index in [0.29, 0.717) is 24.6 Å². The molecule has 5 nitrogen and oxygen atoms in total. The van der Waals surface area contributed by atoms with E-state index in [0.717, 1.165) is 11.3 Å². The van der Waals surface area contributed by atoms with Crippen LogP contribution in [0.4, 0.5) is 0 Å². The molecule has 19 heavy (non-hydrogen) atoms. The maximum atomic E-state index is 9.88. The van der Waals surface area contributed by atoms with Crippen LogP contribution in [0.5, 0.6) is 17.2 Å². The fourth-order valence-electron chi connectivity index (χ4n) is 1.94. The molecule has 1 aliphatic rings. The molecule has 0 bridgehead atoms. The summed E-state index contributed by atoms with van der Waals surface area (Å²) in [5, 5.41) is 13.1. The molecule has 5 heteroatoms. The molecule has 1 aliphatic heterocycles. The molecule has 2 N–H and O–H groups in total. The number of pyridine rings is 1. The second-order valence-electron chi connectivity index (χ2n) is 4.26. The number of ether oxygens (including phenoxy) is 2. The van der Waals surface area contributed by atoms with Gasteiger partial charge < -0.3 is 19.9 Å². The maximum Gasteiger partial charge on any atom is 0.231 e. The molecule has 0 atom stereocenters. The third kappa shape index (κ3) is 2.61. The highest BCUT2D eigenvalue weighted by Crippen LogP contribution is 2.37. The van der Waals surface area contributed by atoms with Crippen LogP contribution in [0.1, 0.15) is 11.3 Å². The Hall–Kier alpha value is -2.27. The van der Waals surface area contributed by atoms with Crippen molar-refractivity contribution in [2.45, 2.75) is 13.1 Å². The number of nitrogens with zero attached hydrogens (tertiary/aromatic N) is 1. The van der Waals surface area contributed by atoms with Crippen molar-refractivity contribution < 1.29 is 14.6 Å². The molecule has 0 aliphatic carbocycles. The molecule has 0 radical (unpaired) electrons. The van der Waals surface area contributed by atoms with Crippen LogP contribution in [0.2, 0.25) is 0 Å². The van der Waals surface area contributed by atoms with E-state index in [4.69, 9.17) is 9.47 Å². The van der Waals surface area contributed by atoms with Crippen molar-refractivity contribution in [3.63, 3.8) is 0 Å². The molecule has 2 heterocycles. The molecule has 1 aromatic carbocycles. The predicted octanol–water partition coefficient (Wildman–Crippen LogP) is 1.81. The molecule has 0 spiro atoms. The van der Waals surface area contributed by atoms with Gasteiger partial charge in [0.15, 0.2) is 11.5 Å². The van der Waals surface area contributed by atoms with Crippen molar-refractivity contribution in [2.75, 3.05) is 6.79 Å². The zero-order chi connectivity index (χ0) is 13.1. The van der Waals surface area contributed by atoms with Crippen molar-refractivity contribution in [1.29, 1.82) is 0 Å². The molecule has 2 aromatic rings. The van der Waals surface area contributed by atoms with Gasteiger partial charge >= 0.3 is 0 Å². The number of benzene rings is 1. The average molecular weight is 258 g/mol. The van der Waals surface area contributed by atoms with Gasteiger partial charge in [0.2, 0.25) is 6.79 Å². The van der Waals surface area contributed by atoms with Crippen LogP contribution in [-0.2, 0) is 13.1 Å². The molecule has 98 valence electrons. The number of phenolic OH excluding ortho intramolecular Hbond substituents is 1. The molecule has 0 saturated heterocycles. The van der Waals surface area contributed by atoms with Gasteiger partial charge in [-0.1, -0.05) is 6.07 Å². The highest BCUT2D eigenvalue weighted by molar-refractivity contribution is 5.51. The number of hydrogen-bond donors (Lipinski definition) is 2. The van der Waals surface area contributed by atoms with Crippen LogP contribution in [0.15, 0.2) is 36.5 Å². The second-order valence-corrected chi connectivity index (χ2v) is 4.26. The van der Waals surface area contributed by atoms with E-state index in [2.05, 4.69) is 10.3 Å². The quantitative estimate of drug-likeness (QED) is 0.875. The normalized spacial score (nSPS) is 12.6. The van der Waals surface area contributed by atoms with E-state index < -0.39 is 0 Å². The second kappa shape index (κ2) is 5.16. The summed E-state index contributed by atoms with van der Waals surface area (Å²) in [6.07, 6.45) is 1.76. The van der Waals surface area contributed by atoms with Gasteiger partial charge in [0.05, 0.1) is 5.69 Å². The van der Waals surface area contributed by atoms with Gasteiger partial charge in [-0.25, -0.2) is 0 Å². The predicted molar refractivity (Wildman–Crippen MR) is 69.0 cm³/mol. The highest BCUT2D eigenvalue weighted by Gasteiger charge is 2.16. The Balaban J connectivity index is 1.64. The van der Waals surface area contributed by atoms with Gasteiger partial charge in [-0.05, 0) is 18.2 Å². The van der Waals surface area contributed by atoms with E-state index in [1.54, 1.807) is 18.3 Å². The lowest BCUT2D eigenvalue weighted by molar-refractivity contribution is 0.174. The SMILES string of the molecule is Oc1cc2c(cc1CNCc1ccccn1)OCO2. The monoisotopic (exact) mass is 258 g/mol. The zero-order valence-electron chi connectivity index (χ0n) is 10.3. The van der Waals surface area contributed by atoms with Crippen LogP contribution in [0.25, 0.3) is 0 Å². The van der Waals surface area contributed by atoms with E-state index in [9.17, 15) is 5.11 Å². The van der Waals surface area contributed by atoms with Crippen LogP contribution in [0, 0.1) is 0 Å². The minimum absolute atomic E-state index is 0.206. The average Bonchev–Trinajstić information content (AvgIpc) is 2.87. The molecular formula is C14H14N2O3. The first-order valence-electron chi connectivity index (χ1n) is 6.05. The zero-order valence-corrected chi connectivity index (χ0v) is 10.3. The maximum absolute atomic E-state index is 9.88. The molecule has 1 aromatic heterocycles. The first-order valence-corrected chi connectivity index (χ1v) is 6.05. The Morgan fingerprint density at radius 1 is 1.16 bits per heavy atom. The first-order chi connectivity index (χ1) is 9.33. The summed E-state index contributed by atoms with van der Waals surface area (Å²) in [4.78, 5) is 4.22. The molecular weight excluding hydrogens is 244 g/mol. The van der Waals surface area contributed by atoms with Crippen molar-refractivity contribution in [3.05, 3.63) is 47.8 Å². The summed E-state index contributed by atoms with van der Waals surface area (Å²) in [5.74, 6) is 1.47. The lowest BCUT2D eigenvalue weighted by Crippen LogP contribution is -2.13. The van der Waals surface area contributed by atoms with E-state index in [1.807, 2.05) is 18.2 Å². The van der Waals surface area contributed by atoms with Crippen molar-refractivity contribution in [1.82, 2.24) is 10.3 Å². The summed E-state index contributed by atoms with van der Waals surface area (Å²) >= 11 is 0. The van der Waals surface area contributed by atoms with Crippen LogP contribution >= 0.6 is 0 Å². The molecule has 3 rings (SSSR count). The summed E-state index contributed by atoms with van der Waals surface area (Å²) in [5.41, 5.74) is 1.74. The summed E-state index contributed by atoms with van der Waals surface area (Å²) in [6.45, 7) is 1.40. The van der Waals surface area contributed by atoms with Crippen LogP contribution < -0.4 is 14.8 Å². The van der Waals surface area contributed by atoms with Gasteiger partial charge in [0.25, 0.3) is 0 Å². The number of rotatable bonds is 4. The Morgan fingerprint density at radius 2 is 2.00 bits per heavy atom. The highest BCUT2D eigenvalue weighted by atomic mass is 16.7. The van der Waals surface area contributed by atoms with Crippen molar-refractivity contribution in [3.8, 4) is 17.2 Å². The molecule has 0 saturated carbocycles. The Kier molecular flexibility index (Phi) is 3.20. The van der Waals surface area contributed by atoms with E-state index in [-0.39, 0.29) is 12.5 Å². The van der Waals surface area contributed by atoms with Crippen LogP contribution in [0.3, 0.4) is 0 Å². The Bertz CT molecular complexity index is 572. The smallest absolute Gasteiger partial charge is 0.231 e. The minimum Gasteiger partial charge on any atom is -0.507 e. The number of aromatic hydroxyl groups is 1. The topological polar surface area (TPSA) is 63.6 Å². The number of nitrogens with one attached hydrogen (secondary N) is 1. The third-order valence-electron chi connectivity index (χ3n) is 2.92. The standard InChI is InChI=1S/C14H14N2O3/c17-12-6-14-13(18-9-19-14)5-10(12)7-15-8-11-3-1-2-4-16-11/h1-6,15,17H,7-9H2. The van der Waals surface area contributed by atoms with Gasteiger partial charge in [0, 0.05) is 30.9 Å². The summed E-state index contributed by atoms with van der Waals surface area (Å²) in [7, 11) is 0. The van der Waals surface area contributed by atoms with E-state index >= 15 is 0 Å². The first kappa shape index (κ1) is 11.8. The molecule has 0 unspecified atom stereocenters. The van der Waals surface area contributed by atoms with Crippen molar-refractivity contribution in [2.24, 2.45) is 0 Å². The molecule has 0 amide bonds. The van der Waals surface area contributed by atoms with E-state index in [1.165, 1.54) is 0 Å². The van der Waals surface area contributed by atoms with Gasteiger partial charge in [-0.3, -0.25) is 4.98 Å². The van der Waals surface area contributed by atoms with Crippen LogP contribution in [-0.4, -0.2) is 16.9 Å². The lowest BCUT2D eigenvalue weighted by atomic mass is 10.1. The number of fused-ring (bicyclic) bond motifs is 1. The number of hydrogen-bond acceptors (Lipinski definition) is 5. The third-order valence-corrected chi connectivity index (χ3v) is 2.92. The van der Waals surface area contributed by atoms with Crippen molar-refractivity contribution >= 4 is 0 Å².